The maximum atomic E-state index is 5.28. The number of thiazole rings is 1. The van der Waals surface area contributed by atoms with Gasteiger partial charge in [0.15, 0.2) is 0 Å². The lowest BCUT2D eigenvalue weighted by atomic mass is 10.1. The van der Waals surface area contributed by atoms with Crippen LogP contribution in [0.3, 0.4) is 0 Å². The van der Waals surface area contributed by atoms with Crippen molar-refractivity contribution in [2.75, 3.05) is 7.11 Å². The largest absolute Gasteiger partial charge is 0.497 e. The summed E-state index contributed by atoms with van der Waals surface area (Å²) < 4.78 is 5.28. The van der Waals surface area contributed by atoms with E-state index in [0.717, 1.165) is 35.1 Å². The molecule has 132 valence electrons. The van der Waals surface area contributed by atoms with E-state index in [1.54, 1.807) is 18.4 Å². The van der Waals surface area contributed by atoms with Gasteiger partial charge < -0.3 is 15.0 Å². The van der Waals surface area contributed by atoms with Crippen LogP contribution < -0.4 is 10.1 Å². The van der Waals surface area contributed by atoms with Crippen molar-refractivity contribution in [3.05, 3.63) is 70.9 Å². The Morgan fingerprint density at radius 3 is 2.85 bits per heavy atom. The third-order valence-electron chi connectivity index (χ3n) is 4.43. The molecule has 0 bridgehead atoms. The zero-order valence-corrected chi connectivity index (χ0v) is 15.7. The lowest BCUT2D eigenvalue weighted by Crippen LogP contribution is -2.11. The van der Waals surface area contributed by atoms with E-state index in [0.29, 0.717) is 0 Å². The Hall–Kier alpha value is -2.63. The molecule has 2 heterocycles. The summed E-state index contributed by atoms with van der Waals surface area (Å²) in [7, 11) is 1.69. The molecular formula is C21H21N3OS. The van der Waals surface area contributed by atoms with Gasteiger partial charge in [0.1, 0.15) is 10.8 Å². The fraction of sp³-hybridized carbons (Fsp3) is 0.190. The number of aryl methyl sites for hydroxylation is 1. The molecule has 2 aromatic heterocycles. The van der Waals surface area contributed by atoms with Gasteiger partial charge in [-0.15, -0.1) is 11.3 Å². The van der Waals surface area contributed by atoms with Crippen LogP contribution in [0.25, 0.3) is 21.5 Å². The molecule has 0 saturated carbocycles. The molecule has 26 heavy (non-hydrogen) atoms. The van der Waals surface area contributed by atoms with Crippen LogP contribution in [0.4, 0.5) is 0 Å². The maximum Gasteiger partial charge on any atom is 0.123 e. The van der Waals surface area contributed by atoms with Gasteiger partial charge in [0.25, 0.3) is 0 Å². The van der Waals surface area contributed by atoms with E-state index >= 15 is 0 Å². The van der Waals surface area contributed by atoms with E-state index < -0.39 is 0 Å². The molecule has 0 saturated heterocycles. The minimum absolute atomic E-state index is 0.786. The molecule has 2 aromatic carbocycles. The molecule has 2 N–H and O–H groups in total. The summed E-state index contributed by atoms with van der Waals surface area (Å²) in [5.41, 5.74) is 4.77. The Bertz CT molecular complexity index is 1030. The maximum absolute atomic E-state index is 5.28. The van der Waals surface area contributed by atoms with Gasteiger partial charge in [-0.05, 0) is 36.8 Å². The normalized spacial score (nSPS) is 11.2. The van der Waals surface area contributed by atoms with Crippen molar-refractivity contribution in [1.82, 2.24) is 15.3 Å². The van der Waals surface area contributed by atoms with Crippen LogP contribution in [0, 0.1) is 6.92 Å². The van der Waals surface area contributed by atoms with Crippen molar-refractivity contribution in [2.45, 2.75) is 20.0 Å². The molecule has 4 rings (SSSR count). The average Bonchev–Trinajstić information content (AvgIpc) is 3.28. The SMILES string of the molecule is COc1ccc2[nH]c(CNCc3cnc(-c4ccccc4C)s3)cc2c1. The van der Waals surface area contributed by atoms with E-state index in [-0.39, 0.29) is 0 Å². The molecule has 4 nitrogen and oxygen atoms in total. The van der Waals surface area contributed by atoms with Crippen LogP contribution >= 0.6 is 11.3 Å². The van der Waals surface area contributed by atoms with Gasteiger partial charge >= 0.3 is 0 Å². The number of methoxy groups -OCH3 is 1. The fourth-order valence-electron chi connectivity index (χ4n) is 3.04. The summed E-state index contributed by atoms with van der Waals surface area (Å²) in [6.45, 7) is 3.72. The van der Waals surface area contributed by atoms with Gasteiger partial charge in [0, 0.05) is 46.3 Å². The lowest BCUT2D eigenvalue weighted by Gasteiger charge is -2.01. The Balaban J connectivity index is 1.40. The second-order valence-corrected chi connectivity index (χ2v) is 7.41. The summed E-state index contributed by atoms with van der Waals surface area (Å²) in [6, 6.07) is 16.6. The summed E-state index contributed by atoms with van der Waals surface area (Å²) in [4.78, 5) is 9.26. The van der Waals surface area contributed by atoms with Crippen LogP contribution in [0.1, 0.15) is 16.1 Å². The summed E-state index contributed by atoms with van der Waals surface area (Å²) in [5.74, 6) is 0.879. The first-order chi connectivity index (χ1) is 12.7. The molecule has 0 amide bonds. The monoisotopic (exact) mass is 363 g/mol. The zero-order valence-electron chi connectivity index (χ0n) is 14.9. The molecule has 0 atom stereocenters. The second-order valence-electron chi connectivity index (χ2n) is 6.30. The standard InChI is InChI=1S/C21H21N3OS/c1-14-5-3-4-6-19(14)21-23-13-18(26-21)12-22-11-16-9-15-10-17(25-2)7-8-20(15)24-16/h3-10,13,22,24H,11-12H2,1-2H3. The van der Waals surface area contributed by atoms with Gasteiger partial charge in [-0.25, -0.2) is 4.98 Å². The van der Waals surface area contributed by atoms with Crippen LogP contribution in [0.2, 0.25) is 0 Å². The first-order valence-corrected chi connectivity index (χ1v) is 9.41. The highest BCUT2D eigenvalue weighted by Gasteiger charge is 2.07. The Morgan fingerprint density at radius 2 is 2.00 bits per heavy atom. The van der Waals surface area contributed by atoms with Crippen molar-refractivity contribution < 1.29 is 4.74 Å². The fourth-order valence-corrected chi connectivity index (χ4v) is 4.01. The van der Waals surface area contributed by atoms with Crippen molar-refractivity contribution in [2.24, 2.45) is 0 Å². The zero-order chi connectivity index (χ0) is 17.9. The minimum Gasteiger partial charge on any atom is -0.497 e. The van der Waals surface area contributed by atoms with Crippen LogP contribution in [0.5, 0.6) is 5.75 Å². The number of rotatable bonds is 6. The Morgan fingerprint density at radius 1 is 1.12 bits per heavy atom. The quantitative estimate of drug-likeness (QED) is 0.512. The lowest BCUT2D eigenvalue weighted by molar-refractivity contribution is 0.415. The topological polar surface area (TPSA) is 49.9 Å². The Labute approximate surface area is 156 Å². The summed E-state index contributed by atoms with van der Waals surface area (Å²) >= 11 is 1.74. The van der Waals surface area contributed by atoms with Crippen LogP contribution in [0.15, 0.2) is 54.7 Å². The predicted octanol–water partition coefficient (Wildman–Crippen LogP) is 4.90. The number of nitrogens with zero attached hydrogens (tertiary/aromatic N) is 1. The number of H-pyrrole nitrogens is 1. The number of benzene rings is 2. The molecule has 5 heteroatoms. The number of fused-ring (bicyclic) bond motifs is 1. The number of ether oxygens (including phenoxy) is 1. The van der Waals surface area contributed by atoms with Crippen LogP contribution in [-0.4, -0.2) is 17.1 Å². The summed E-state index contributed by atoms with van der Waals surface area (Å²) in [5, 5.41) is 5.74. The molecule has 4 aromatic rings. The number of nitrogens with one attached hydrogen (secondary N) is 2. The van der Waals surface area contributed by atoms with Gasteiger partial charge in [0.05, 0.1) is 7.11 Å². The number of aromatic amines is 1. The number of aromatic nitrogens is 2. The van der Waals surface area contributed by atoms with E-state index in [9.17, 15) is 0 Å². The molecule has 0 spiro atoms. The third kappa shape index (κ3) is 3.49. The van der Waals surface area contributed by atoms with E-state index in [4.69, 9.17) is 4.74 Å². The second kappa shape index (κ2) is 7.32. The highest BCUT2D eigenvalue weighted by molar-refractivity contribution is 7.15. The molecule has 0 unspecified atom stereocenters. The van der Waals surface area contributed by atoms with Gasteiger partial charge in [0.2, 0.25) is 0 Å². The van der Waals surface area contributed by atoms with Crippen molar-refractivity contribution in [3.8, 4) is 16.3 Å². The van der Waals surface area contributed by atoms with Gasteiger partial charge in [-0.1, -0.05) is 24.3 Å². The molecular weight excluding hydrogens is 342 g/mol. The highest BCUT2D eigenvalue weighted by atomic mass is 32.1. The number of hydrogen-bond donors (Lipinski definition) is 2. The van der Waals surface area contributed by atoms with E-state index in [1.165, 1.54) is 21.4 Å². The van der Waals surface area contributed by atoms with Crippen LogP contribution in [-0.2, 0) is 13.1 Å². The molecule has 0 aliphatic rings. The molecule has 0 fully saturated rings. The third-order valence-corrected chi connectivity index (χ3v) is 5.46. The number of hydrogen-bond acceptors (Lipinski definition) is 4. The summed E-state index contributed by atoms with van der Waals surface area (Å²) in [6.07, 6.45) is 1.97. The first-order valence-electron chi connectivity index (χ1n) is 8.60. The smallest absolute Gasteiger partial charge is 0.123 e. The Kier molecular flexibility index (Phi) is 4.73. The molecule has 0 aliphatic heterocycles. The predicted molar refractivity (Wildman–Crippen MR) is 108 cm³/mol. The van der Waals surface area contributed by atoms with Crippen molar-refractivity contribution >= 4 is 22.2 Å². The van der Waals surface area contributed by atoms with Gasteiger partial charge in [-0.3, -0.25) is 0 Å². The van der Waals surface area contributed by atoms with Gasteiger partial charge in [-0.2, -0.15) is 0 Å². The first kappa shape index (κ1) is 16.8. The average molecular weight is 363 g/mol. The van der Waals surface area contributed by atoms with Crippen molar-refractivity contribution in [3.63, 3.8) is 0 Å². The van der Waals surface area contributed by atoms with E-state index in [1.807, 2.05) is 18.3 Å². The highest BCUT2D eigenvalue weighted by Crippen LogP contribution is 2.27. The van der Waals surface area contributed by atoms with Crippen molar-refractivity contribution in [1.29, 1.82) is 0 Å². The molecule has 0 radical (unpaired) electrons. The minimum atomic E-state index is 0.786. The molecule has 0 aliphatic carbocycles. The van der Waals surface area contributed by atoms with E-state index in [2.05, 4.69) is 58.6 Å².